The first-order chi connectivity index (χ1) is 20.6. The van der Waals surface area contributed by atoms with Gasteiger partial charge in [-0.15, -0.1) is 0 Å². The normalized spacial score (nSPS) is 23.9. The molecule has 2 saturated heterocycles. The van der Waals surface area contributed by atoms with E-state index in [2.05, 4.69) is 29.4 Å². The van der Waals surface area contributed by atoms with E-state index in [1.165, 1.54) is 6.42 Å². The highest BCUT2D eigenvalue weighted by Gasteiger charge is 2.40. The molecule has 1 saturated carbocycles. The summed E-state index contributed by atoms with van der Waals surface area (Å²) in [5, 5.41) is 6.35. The molecule has 9 heteroatoms. The van der Waals surface area contributed by atoms with Gasteiger partial charge in [-0.2, -0.15) is 0 Å². The minimum Gasteiger partial charge on any atom is -0.352 e. The van der Waals surface area contributed by atoms with Gasteiger partial charge >= 0.3 is 0 Å². The molecule has 4 atom stereocenters. The molecule has 3 rings (SSSR count). The lowest BCUT2D eigenvalue weighted by molar-refractivity contribution is -0.142. The van der Waals surface area contributed by atoms with Crippen LogP contribution >= 0.6 is 0 Å². The second-order valence-corrected chi connectivity index (χ2v) is 15.2. The fourth-order valence-electron chi connectivity index (χ4n) is 7.22. The minimum atomic E-state index is -0.715. The van der Waals surface area contributed by atoms with Gasteiger partial charge in [0.15, 0.2) is 0 Å². The van der Waals surface area contributed by atoms with Crippen LogP contribution in [0.4, 0.5) is 0 Å². The number of likely N-dealkylation sites (N-methyl/N-ethyl adjacent to an activating group) is 1. The highest BCUT2D eigenvalue weighted by atomic mass is 16.2. The van der Waals surface area contributed by atoms with Crippen LogP contribution < -0.4 is 10.6 Å². The Bertz CT molecular complexity index is 1040. The van der Waals surface area contributed by atoms with Gasteiger partial charge in [0.1, 0.15) is 12.1 Å². The number of amides is 4. The predicted octanol–water partition coefficient (Wildman–Crippen LogP) is 4.65. The van der Waals surface area contributed by atoms with E-state index in [9.17, 15) is 19.2 Å². The van der Waals surface area contributed by atoms with Crippen molar-refractivity contribution in [1.82, 2.24) is 25.3 Å². The van der Waals surface area contributed by atoms with Crippen LogP contribution in [0.15, 0.2) is 11.6 Å². The van der Waals surface area contributed by atoms with Crippen LogP contribution in [-0.4, -0.2) is 94.7 Å². The second kappa shape index (κ2) is 15.7. The van der Waals surface area contributed by atoms with Crippen molar-refractivity contribution in [2.75, 3.05) is 20.1 Å². The zero-order valence-electron chi connectivity index (χ0n) is 29.1. The zero-order chi connectivity index (χ0) is 32.8. The highest BCUT2D eigenvalue weighted by Crippen LogP contribution is 2.27. The molecule has 1 aliphatic carbocycles. The third-order valence-electron chi connectivity index (χ3n) is 9.91. The van der Waals surface area contributed by atoms with Crippen molar-refractivity contribution in [3.05, 3.63) is 11.6 Å². The number of nitrogens with one attached hydrogen (secondary N) is 2. The van der Waals surface area contributed by atoms with Crippen molar-refractivity contribution in [1.29, 1.82) is 0 Å². The Hall–Kier alpha value is -2.42. The van der Waals surface area contributed by atoms with E-state index >= 15 is 0 Å². The van der Waals surface area contributed by atoms with E-state index in [0.29, 0.717) is 18.5 Å². The van der Waals surface area contributed by atoms with Gasteiger partial charge < -0.3 is 20.4 Å². The smallest absolute Gasteiger partial charge is 0.249 e. The Morgan fingerprint density at radius 1 is 0.818 bits per heavy atom. The number of carbonyl (C=O) groups is 4. The SMILES string of the molecule is C/C(=C\[C@H](C(C)C)N(C)C(=O)C(NC(=O)[C@H]1CCCCN1C(C)C)C(C)(C)C)C(=O)N1CCCC1C(=O)NC1CCCCC1. The number of nitrogens with zero attached hydrogens (tertiary/aromatic N) is 3. The lowest BCUT2D eigenvalue weighted by Gasteiger charge is -2.41. The molecule has 250 valence electrons. The van der Waals surface area contributed by atoms with Crippen LogP contribution in [0.1, 0.15) is 120 Å². The van der Waals surface area contributed by atoms with E-state index in [1.807, 2.05) is 40.7 Å². The summed E-state index contributed by atoms with van der Waals surface area (Å²) >= 11 is 0. The van der Waals surface area contributed by atoms with Crippen LogP contribution in [0.5, 0.6) is 0 Å². The molecule has 0 aromatic carbocycles. The van der Waals surface area contributed by atoms with Gasteiger partial charge in [-0.1, -0.05) is 66.4 Å². The molecule has 0 aromatic rings. The minimum absolute atomic E-state index is 0.0294. The lowest BCUT2D eigenvalue weighted by atomic mass is 9.84. The average molecular weight is 616 g/mol. The Labute approximate surface area is 266 Å². The molecule has 44 heavy (non-hydrogen) atoms. The Morgan fingerprint density at radius 3 is 2.02 bits per heavy atom. The molecule has 2 unspecified atom stereocenters. The van der Waals surface area contributed by atoms with Gasteiger partial charge in [0.2, 0.25) is 23.6 Å². The van der Waals surface area contributed by atoms with Gasteiger partial charge in [0.25, 0.3) is 0 Å². The fraction of sp³-hybridized carbons (Fsp3) is 0.829. The Balaban J connectivity index is 1.75. The number of piperidine rings is 1. The molecular formula is C35H61N5O4. The highest BCUT2D eigenvalue weighted by molar-refractivity contribution is 5.97. The summed E-state index contributed by atoms with van der Waals surface area (Å²) in [6.45, 7) is 17.5. The molecule has 0 bridgehead atoms. The van der Waals surface area contributed by atoms with Crippen molar-refractivity contribution >= 4 is 23.6 Å². The molecule has 9 nitrogen and oxygen atoms in total. The summed E-state index contributed by atoms with van der Waals surface area (Å²) in [6, 6.07) is -1.30. The second-order valence-electron chi connectivity index (χ2n) is 15.2. The monoisotopic (exact) mass is 615 g/mol. The van der Waals surface area contributed by atoms with Crippen LogP contribution in [0.3, 0.4) is 0 Å². The molecule has 3 fully saturated rings. The number of hydrogen-bond donors (Lipinski definition) is 2. The fourth-order valence-corrected chi connectivity index (χ4v) is 7.22. The van der Waals surface area contributed by atoms with E-state index in [4.69, 9.17) is 0 Å². The van der Waals surface area contributed by atoms with Gasteiger partial charge in [-0.25, -0.2) is 0 Å². The van der Waals surface area contributed by atoms with Crippen LogP contribution in [0.2, 0.25) is 0 Å². The standard InChI is InChI=1S/C35H61N5O4/c1-23(2)29(22-25(5)33(43)40-21-15-19-28(40)31(41)36-26-16-11-10-12-17-26)38(9)34(44)30(35(6,7)8)37-32(42)27-18-13-14-20-39(27)24(3)4/h22-24,26-30H,10-21H2,1-9H3,(H,36,41)(H,37,42)/b25-22+/t27-,28?,29-,30?/m1/s1. The van der Waals surface area contributed by atoms with Crippen LogP contribution in [0, 0.1) is 11.3 Å². The average Bonchev–Trinajstić information content (AvgIpc) is 3.47. The summed E-state index contributed by atoms with van der Waals surface area (Å²) < 4.78 is 0. The molecule has 3 aliphatic rings. The quantitative estimate of drug-likeness (QED) is 0.349. The lowest BCUT2D eigenvalue weighted by Crippen LogP contribution is -2.60. The summed E-state index contributed by atoms with van der Waals surface area (Å²) in [5.74, 6) is -0.416. The maximum absolute atomic E-state index is 14.1. The predicted molar refractivity (Wildman–Crippen MR) is 176 cm³/mol. The van der Waals surface area contributed by atoms with Crippen molar-refractivity contribution in [3.63, 3.8) is 0 Å². The van der Waals surface area contributed by atoms with E-state index < -0.39 is 17.5 Å². The zero-order valence-corrected chi connectivity index (χ0v) is 29.1. The third kappa shape index (κ3) is 9.07. The molecule has 2 N–H and O–H groups in total. The Morgan fingerprint density at radius 2 is 1.43 bits per heavy atom. The molecule has 4 amide bonds. The van der Waals surface area contributed by atoms with Gasteiger partial charge in [0.05, 0.1) is 12.1 Å². The third-order valence-corrected chi connectivity index (χ3v) is 9.91. The maximum Gasteiger partial charge on any atom is 0.249 e. The first-order valence-corrected chi connectivity index (χ1v) is 17.3. The molecule has 2 aliphatic heterocycles. The van der Waals surface area contributed by atoms with E-state index in [-0.39, 0.29) is 53.7 Å². The largest absolute Gasteiger partial charge is 0.352 e. The number of rotatable bonds is 10. The van der Waals surface area contributed by atoms with Crippen LogP contribution in [0.25, 0.3) is 0 Å². The van der Waals surface area contributed by atoms with E-state index in [1.54, 1.807) is 23.8 Å². The molecule has 0 spiro atoms. The van der Waals surface area contributed by atoms with Crippen molar-refractivity contribution in [3.8, 4) is 0 Å². The molecule has 0 aromatic heterocycles. The summed E-state index contributed by atoms with van der Waals surface area (Å²) in [5.41, 5.74) is 0.0231. The van der Waals surface area contributed by atoms with Crippen molar-refractivity contribution in [2.45, 2.75) is 156 Å². The first kappa shape index (κ1) is 36.1. The van der Waals surface area contributed by atoms with E-state index in [0.717, 1.165) is 57.9 Å². The van der Waals surface area contributed by atoms with Crippen molar-refractivity contribution < 1.29 is 19.2 Å². The number of likely N-dealkylation sites (tertiary alicyclic amines) is 2. The van der Waals surface area contributed by atoms with Gasteiger partial charge in [0, 0.05) is 31.2 Å². The van der Waals surface area contributed by atoms with Crippen molar-refractivity contribution in [2.24, 2.45) is 11.3 Å². The summed E-state index contributed by atoms with van der Waals surface area (Å²) in [6.07, 6.45) is 11.7. The molecular weight excluding hydrogens is 554 g/mol. The Kier molecular flexibility index (Phi) is 12.9. The number of carbonyl (C=O) groups excluding carboxylic acids is 4. The summed E-state index contributed by atoms with van der Waals surface area (Å²) in [7, 11) is 1.77. The number of hydrogen-bond acceptors (Lipinski definition) is 5. The molecule has 2 heterocycles. The van der Waals surface area contributed by atoms with Gasteiger partial charge in [-0.05, 0) is 77.2 Å². The molecule has 0 radical (unpaired) electrons. The topological polar surface area (TPSA) is 102 Å². The summed E-state index contributed by atoms with van der Waals surface area (Å²) in [4.78, 5) is 60.3. The first-order valence-electron chi connectivity index (χ1n) is 17.3. The maximum atomic E-state index is 14.1. The van der Waals surface area contributed by atoms with Crippen LogP contribution in [-0.2, 0) is 19.2 Å². The van der Waals surface area contributed by atoms with Gasteiger partial charge in [-0.3, -0.25) is 24.1 Å².